The lowest BCUT2D eigenvalue weighted by Gasteiger charge is -2.35. The third-order valence-electron chi connectivity index (χ3n) is 7.62. The molecule has 7 heteroatoms. The molecular formula is C30H28O7. The number of ketones is 1. The lowest BCUT2D eigenvalue weighted by atomic mass is 10.2. The van der Waals surface area contributed by atoms with E-state index >= 15 is 0 Å². The topological polar surface area (TPSA) is 135 Å². The van der Waals surface area contributed by atoms with Gasteiger partial charge in [-0.05, 0) is 64.6 Å². The van der Waals surface area contributed by atoms with Crippen LogP contribution in [0.1, 0.15) is 83.0 Å². The molecule has 1 aliphatic rings. The fraction of sp³-hybridized carbons (Fsp3) is 0.267. The number of aryl methyl sites for hydroxylation is 1. The van der Waals surface area contributed by atoms with E-state index in [0.29, 0.717) is 33.9 Å². The molecule has 0 atom stereocenters. The number of unbranched alkanes of at least 4 members (excludes halogenated alkanes) is 2. The van der Waals surface area contributed by atoms with Gasteiger partial charge in [0.05, 0.1) is 11.1 Å². The number of hydrogen-bond donors (Lipinski definition) is 5. The van der Waals surface area contributed by atoms with Crippen LogP contribution in [0, 0.1) is 0 Å². The second-order valence-corrected chi connectivity index (χ2v) is 10.3. The number of phenolic OH excluding ortho intramolecular Hbond substituents is 3. The highest BCUT2D eigenvalue weighted by atomic mass is 16.6. The minimum atomic E-state index is -1.24. The molecule has 0 radical (unpaired) electrons. The average Bonchev–Trinajstić information content (AvgIpc) is 2.81. The van der Waals surface area contributed by atoms with Crippen molar-refractivity contribution in [2.45, 2.75) is 51.9 Å². The molecule has 37 heavy (non-hydrogen) atoms. The first-order valence-corrected chi connectivity index (χ1v) is 12.3. The van der Waals surface area contributed by atoms with Gasteiger partial charge in [0.25, 0.3) is 0 Å². The zero-order valence-corrected chi connectivity index (χ0v) is 20.8. The van der Waals surface area contributed by atoms with E-state index in [1.165, 1.54) is 6.07 Å². The molecule has 0 bridgehead atoms. The van der Waals surface area contributed by atoms with Gasteiger partial charge in [0.2, 0.25) is 5.78 Å². The molecule has 0 unspecified atom stereocenters. The van der Waals surface area contributed by atoms with E-state index in [1.807, 2.05) is 0 Å². The fourth-order valence-electron chi connectivity index (χ4n) is 5.73. The van der Waals surface area contributed by atoms with Gasteiger partial charge in [-0.2, -0.15) is 0 Å². The standard InChI is InChI=1S/C30H28O7/c1-4-5-6-7-14-10-15-8-9-17-18(22(15)27(34)23(14)29(36)37)13-20-25(26(17)33)28(35)24-19(30(20,2)3)11-16(31)12-21(24)32/h8-13,31-34H,4-7H2,1-3H3,(H,36,37)/i4+2,6+2,9+2,14+2,15+2,16+2,18+2,19+2,20+2,21+2,26+2,27+2,28+2,29+2. The lowest BCUT2D eigenvalue weighted by molar-refractivity contribution is 0.0692. The summed E-state index contributed by atoms with van der Waals surface area (Å²) in [6.45, 7) is 5.67. The molecule has 0 amide bonds. The maximum absolute atomic E-state index is 13.5. The first kappa shape index (κ1) is 24.4. The van der Waals surface area contributed by atoms with Gasteiger partial charge in [0.15, 0.2) is 0 Å². The zero-order valence-electron chi connectivity index (χ0n) is 20.8. The molecule has 0 saturated heterocycles. The molecule has 1 aliphatic carbocycles. The van der Waals surface area contributed by atoms with Crippen LogP contribution in [-0.4, -0.2) is 37.3 Å². The molecule has 0 spiro atoms. The molecule has 0 aliphatic heterocycles. The molecule has 4 aromatic rings. The number of rotatable bonds is 5. The van der Waals surface area contributed by atoms with Crippen LogP contribution in [0.2, 0.25) is 0 Å². The van der Waals surface area contributed by atoms with Crippen molar-refractivity contribution in [3.63, 3.8) is 0 Å². The summed E-state index contributed by atoms with van der Waals surface area (Å²) < 4.78 is 0. The maximum atomic E-state index is 13.5. The zero-order chi connectivity index (χ0) is 26.8. The van der Waals surface area contributed by atoms with Crippen LogP contribution in [0.25, 0.3) is 21.5 Å². The Labute approximate surface area is 213 Å². The smallest absolute Gasteiger partial charge is 0.339 e. The molecule has 190 valence electrons. The Morgan fingerprint density at radius 1 is 1.03 bits per heavy atom. The van der Waals surface area contributed by atoms with E-state index in [4.69, 9.17) is 0 Å². The molecule has 5 N–H and O–H groups in total. The first-order valence-electron chi connectivity index (χ1n) is 12.3. The van der Waals surface area contributed by atoms with Crippen LogP contribution in [0.15, 0.2) is 36.4 Å². The van der Waals surface area contributed by atoms with Crippen LogP contribution in [-0.2, 0) is 11.8 Å². The summed E-state index contributed by atoms with van der Waals surface area (Å²) >= 11 is 0. The molecule has 0 saturated carbocycles. The highest BCUT2D eigenvalue weighted by Crippen LogP contribution is 2.51. The summed E-state index contributed by atoms with van der Waals surface area (Å²) in [5.41, 5.74) is 0.337. The minimum Gasteiger partial charge on any atom is -0.508 e. The van der Waals surface area contributed by atoms with Gasteiger partial charge in [-0.1, -0.05) is 39.7 Å². The number of carbonyl (C=O) groups is 2. The molecule has 5 rings (SSSR count). The lowest BCUT2D eigenvalue weighted by Crippen LogP contribution is -2.30. The number of fused-ring (bicyclic) bond motifs is 5. The van der Waals surface area contributed by atoms with Crippen LogP contribution in [0.3, 0.4) is 0 Å². The summed E-state index contributed by atoms with van der Waals surface area (Å²) in [5.74, 6) is -3.08. The van der Waals surface area contributed by atoms with Crippen LogP contribution in [0.5, 0.6) is 23.0 Å². The largest absolute Gasteiger partial charge is 0.508 e. The Morgan fingerprint density at radius 3 is 2.41 bits per heavy atom. The molecule has 0 heterocycles. The normalized spacial score (nSPS) is 14.1. The summed E-state index contributed by atoms with van der Waals surface area (Å²) in [7, 11) is 0. The van der Waals surface area contributed by atoms with E-state index in [0.717, 1.165) is 25.3 Å². The SMILES string of the molecule is C[14CH2]C[14CH2]C[14c]1c[14c]2c[14cH]c3[14c](O)c4[14c](c[14c]3c2[14c](O)c1[14C](=O)O)C(C)(C)[14c]1c[14c](O)c[14c](O)c1[14C]4=O. The molecule has 0 aromatic heterocycles. The number of hydrogen-bond acceptors (Lipinski definition) is 6. The Kier molecular flexibility index (Phi) is 5.55. The maximum Gasteiger partial charge on any atom is 0.339 e. The van der Waals surface area contributed by atoms with Crippen molar-refractivity contribution in [1.29, 1.82) is 0 Å². The first-order chi connectivity index (χ1) is 17.5. The molecular weight excluding hydrogens is 500 g/mol. The highest BCUT2D eigenvalue weighted by Gasteiger charge is 2.41. The van der Waals surface area contributed by atoms with E-state index in [1.54, 1.807) is 38.1 Å². The van der Waals surface area contributed by atoms with E-state index in [9.17, 15) is 35.1 Å². The fourth-order valence-corrected chi connectivity index (χ4v) is 5.73. The van der Waals surface area contributed by atoms with Crippen LogP contribution in [0.4, 0.5) is 0 Å². The van der Waals surface area contributed by atoms with Crippen molar-refractivity contribution in [2.75, 3.05) is 0 Å². The van der Waals surface area contributed by atoms with Gasteiger partial charge >= 0.3 is 5.97 Å². The summed E-state index contributed by atoms with van der Waals surface area (Å²) in [6, 6.07) is 9.31. The Bertz CT molecular complexity index is 1650. The Hall–Kier alpha value is -4.26. The molecule has 0 fully saturated rings. The molecule has 4 aromatic carbocycles. The van der Waals surface area contributed by atoms with Gasteiger partial charge in [0.1, 0.15) is 28.6 Å². The quantitative estimate of drug-likeness (QED) is 0.156. The van der Waals surface area contributed by atoms with Crippen molar-refractivity contribution < 1.29 is 35.1 Å². The second-order valence-electron chi connectivity index (χ2n) is 10.3. The third kappa shape index (κ3) is 3.49. The van der Waals surface area contributed by atoms with Gasteiger partial charge in [0, 0.05) is 22.3 Å². The van der Waals surface area contributed by atoms with E-state index in [2.05, 4.69) is 6.92 Å². The van der Waals surface area contributed by atoms with Gasteiger partial charge in [-0.15, -0.1) is 0 Å². The Balaban J connectivity index is 1.86. The predicted octanol–water partition coefficient (Wildman–Crippen LogP) is 6.12. The van der Waals surface area contributed by atoms with Crippen molar-refractivity contribution in [3.05, 3.63) is 69.8 Å². The average molecular weight is 528 g/mol. The number of carboxylic acid groups (broad SMARTS) is 1. The van der Waals surface area contributed by atoms with Crippen molar-refractivity contribution in [2.24, 2.45) is 0 Å². The summed E-state index contributed by atoms with van der Waals surface area (Å²) in [4.78, 5) is 25.7. The molecule has 7 nitrogen and oxygen atoms in total. The predicted molar refractivity (Wildman–Crippen MR) is 140 cm³/mol. The van der Waals surface area contributed by atoms with Crippen molar-refractivity contribution in [3.8, 4) is 23.0 Å². The number of carboxylic acids is 1. The number of phenols is 4. The monoisotopic (exact) mass is 528 g/mol. The Morgan fingerprint density at radius 2 is 1.73 bits per heavy atom. The number of carbonyl (C=O) groups excluding carboxylic acids is 1. The summed E-state index contributed by atoms with van der Waals surface area (Å²) in [5, 5.41) is 54.8. The van der Waals surface area contributed by atoms with Gasteiger partial charge in [-0.3, -0.25) is 4.79 Å². The minimum absolute atomic E-state index is 0.0125. The van der Waals surface area contributed by atoms with Crippen LogP contribution >= 0.6 is 0 Å². The van der Waals surface area contributed by atoms with E-state index in [-0.39, 0.29) is 50.5 Å². The number of aromatic carboxylic acids is 1. The van der Waals surface area contributed by atoms with Crippen molar-refractivity contribution in [1.82, 2.24) is 0 Å². The number of aromatic hydroxyl groups is 4. The van der Waals surface area contributed by atoms with Gasteiger partial charge in [-0.25, -0.2) is 4.79 Å². The third-order valence-corrected chi connectivity index (χ3v) is 7.62. The van der Waals surface area contributed by atoms with Crippen LogP contribution < -0.4 is 0 Å². The van der Waals surface area contributed by atoms with Crippen molar-refractivity contribution >= 4 is 33.3 Å². The van der Waals surface area contributed by atoms with Gasteiger partial charge < -0.3 is 25.5 Å². The summed E-state index contributed by atoms with van der Waals surface area (Å²) in [6.07, 6.45) is 3.21. The highest BCUT2D eigenvalue weighted by molar-refractivity contribution is 6.22. The second kappa shape index (κ2) is 8.40. The van der Waals surface area contributed by atoms with E-state index < -0.39 is 17.2 Å². The number of benzene rings is 4.